The van der Waals surface area contributed by atoms with Crippen molar-refractivity contribution in [2.24, 2.45) is 0 Å². The fourth-order valence-corrected chi connectivity index (χ4v) is 5.52. The molecule has 0 radical (unpaired) electrons. The molecule has 3 aromatic carbocycles. The van der Waals surface area contributed by atoms with Gasteiger partial charge in [0.2, 0.25) is 5.91 Å². The molecule has 1 aromatic heterocycles. The number of rotatable bonds is 7. The molecule has 35 heavy (non-hydrogen) atoms. The first-order chi connectivity index (χ1) is 17.1. The predicted molar refractivity (Wildman–Crippen MR) is 145 cm³/mol. The first kappa shape index (κ1) is 23.2. The maximum atomic E-state index is 13.6. The van der Waals surface area contributed by atoms with Crippen LogP contribution in [0.5, 0.6) is 0 Å². The third-order valence-corrected chi connectivity index (χ3v) is 7.49. The van der Waals surface area contributed by atoms with Gasteiger partial charge in [-0.1, -0.05) is 73.7 Å². The van der Waals surface area contributed by atoms with Crippen LogP contribution >= 0.6 is 0 Å². The van der Waals surface area contributed by atoms with Gasteiger partial charge in [0.05, 0.1) is 0 Å². The minimum Gasteiger partial charge on any atom is -0.368 e. The lowest BCUT2D eigenvalue weighted by molar-refractivity contribution is -0.131. The number of H-pyrrole nitrogens is 1. The van der Waals surface area contributed by atoms with Crippen LogP contribution < -0.4 is 4.90 Å². The molecule has 0 saturated carbocycles. The Hall–Kier alpha value is -3.53. The molecule has 4 nitrogen and oxygen atoms in total. The third-order valence-electron chi connectivity index (χ3n) is 7.49. The lowest BCUT2D eigenvalue weighted by Crippen LogP contribution is -2.49. The van der Waals surface area contributed by atoms with Gasteiger partial charge in [-0.3, -0.25) is 4.79 Å². The van der Waals surface area contributed by atoms with Crippen LogP contribution in [0.2, 0.25) is 0 Å². The fourth-order valence-electron chi connectivity index (χ4n) is 5.52. The Balaban J connectivity index is 1.35. The zero-order chi connectivity index (χ0) is 24.2. The molecule has 0 unspecified atom stereocenters. The molecular formula is C31H35N3O. The van der Waals surface area contributed by atoms with E-state index < -0.39 is 0 Å². The van der Waals surface area contributed by atoms with Crippen molar-refractivity contribution in [1.82, 2.24) is 9.88 Å². The highest BCUT2D eigenvalue weighted by molar-refractivity contribution is 5.87. The Morgan fingerprint density at radius 2 is 1.66 bits per heavy atom. The van der Waals surface area contributed by atoms with Gasteiger partial charge >= 0.3 is 0 Å². The van der Waals surface area contributed by atoms with Crippen LogP contribution in [0.25, 0.3) is 10.9 Å². The molecule has 1 amide bonds. The molecule has 4 heteroatoms. The number of aryl methyl sites for hydroxylation is 2. The number of fused-ring (bicyclic) bond motifs is 1. The van der Waals surface area contributed by atoms with Gasteiger partial charge in [-0.15, -0.1) is 0 Å². The summed E-state index contributed by atoms with van der Waals surface area (Å²) in [6.07, 6.45) is 4.52. The van der Waals surface area contributed by atoms with Crippen molar-refractivity contribution in [2.45, 2.75) is 39.0 Å². The summed E-state index contributed by atoms with van der Waals surface area (Å²) in [6.45, 7) is 7.67. The molecule has 1 fully saturated rings. The average Bonchev–Trinajstić information content (AvgIpc) is 3.34. The van der Waals surface area contributed by atoms with Crippen molar-refractivity contribution in [3.63, 3.8) is 0 Å². The summed E-state index contributed by atoms with van der Waals surface area (Å²) in [5, 5.41) is 1.25. The lowest BCUT2D eigenvalue weighted by atomic mass is 9.88. The average molecular weight is 466 g/mol. The number of piperazine rings is 1. The Morgan fingerprint density at radius 3 is 2.40 bits per heavy atom. The smallest absolute Gasteiger partial charge is 0.223 e. The van der Waals surface area contributed by atoms with Gasteiger partial charge in [0.15, 0.2) is 0 Å². The summed E-state index contributed by atoms with van der Waals surface area (Å²) < 4.78 is 0. The molecule has 0 bridgehead atoms. The number of amides is 1. The van der Waals surface area contributed by atoms with Gasteiger partial charge in [-0.25, -0.2) is 0 Å². The summed E-state index contributed by atoms with van der Waals surface area (Å²) >= 11 is 0. The van der Waals surface area contributed by atoms with Crippen molar-refractivity contribution in [3.05, 3.63) is 101 Å². The number of hydrogen-bond acceptors (Lipinski definition) is 2. The van der Waals surface area contributed by atoms with Gasteiger partial charge in [-0.2, -0.15) is 0 Å². The molecule has 1 atom stereocenters. The standard InChI is InChI=1S/C31H35N3O/c1-3-25-13-9-14-27-28(22-32-31(25)27)26(20-24-11-5-4-6-12-24)21-30(35)34-18-16-33(17-19-34)29-15-8-7-10-23(29)2/h4-15,22,26,32H,3,16-21H2,1-2H3/t26-/m1/s1. The zero-order valence-electron chi connectivity index (χ0n) is 20.8. The highest BCUT2D eigenvalue weighted by atomic mass is 16.2. The maximum absolute atomic E-state index is 13.6. The second-order valence-corrected chi connectivity index (χ2v) is 9.68. The molecule has 1 saturated heterocycles. The molecule has 0 aliphatic carbocycles. The van der Waals surface area contributed by atoms with E-state index >= 15 is 0 Å². The molecule has 1 N–H and O–H groups in total. The maximum Gasteiger partial charge on any atom is 0.223 e. The summed E-state index contributed by atoms with van der Waals surface area (Å²) in [7, 11) is 0. The molecular weight excluding hydrogens is 430 g/mol. The van der Waals surface area contributed by atoms with Crippen LogP contribution in [0.1, 0.15) is 41.5 Å². The number of nitrogens with zero attached hydrogens (tertiary/aromatic N) is 2. The largest absolute Gasteiger partial charge is 0.368 e. The highest BCUT2D eigenvalue weighted by Crippen LogP contribution is 2.33. The van der Waals surface area contributed by atoms with E-state index in [2.05, 4.69) is 108 Å². The number of anilines is 1. The quantitative estimate of drug-likeness (QED) is 0.358. The molecule has 1 aliphatic heterocycles. The van der Waals surface area contributed by atoms with E-state index in [-0.39, 0.29) is 11.8 Å². The number of aromatic nitrogens is 1. The SMILES string of the molecule is CCc1cccc2c([C@@H](CC(=O)N3CCN(c4ccccc4C)CC3)Cc3ccccc3)c[nH]c12. The molecule has 180 valence electrons. The number of nitrogens with one attached hydrogen (secondary N) is 1. The fraction of sp³-hybridized carbons (Fsp3) is 0.323. The van der Waals surface area contributed by atoms with E-state index in [9.17, 15) is 4.79 Å². The van der Waals surface area contributed by atoms with E-state index in [1.807, 2.05) is 0 Å². The summed E-state index contributed by atoms with van der Waals surface area (Å²) in [6, 6.07) is 25.6. The number of hydrogen-bond donors (Lipinski definition) is 1. The molecule has 0 spiro atoms. The minimum atomic E-state index is 0.139. The molecule has 5 rings (SSSR count). The van der Waals surface area contributed by atoms with Crippen molar-refractivity contribution in [2.75, 3.05) is 31.1 Å². The lowest BCUT2D eigenvalue weighted by Gasteiger charge is -2.37. The second-order valence-electron chi connectivity index (χ2n) is 9.68. The number of carbonyl (C=O) groups excluding carboxylic acids is 1. The predicted octanol–water partition coefficient (Wildman–Crippen LogP) is 6.10. The van der Waals surface area contributed by atoms with Gasteiger partial charge in [-0.05, 0) is 54.0 Å². The topological polar surface area (TPSA) is 39.3 Å². The third kappa shape index (κ3) is 4.97. The number of para-hydroxylation sites is 2. The van der Waals surface area contributed by atoms with Gasteiger partial charge < -0.3 is 14.8 Å². The van der Waals surface area contributed by atoms with Crippen LogP contribution in [0.15, 0.2) is 79.0 Å². The number of aromatic amines is 1. The summed E-state index contributed by atoms with van der Waals surface area (Å²) in [5.41, 5.74) is 7.64. The number of carbonyl (C=O) groups is 1. The Kier molecular flexibility index (Phi) is 6.89. The molecule has 1 aliphatic rings. The van der Waals surface area contributed by atoms with E-state index in [1.165, 1.54) is 38.8 Å². The Morgan fingerprint density at radius 1 is 0.914 bits per heavy atom. The Labute approximate surface area is 208 Å². The monoisotopic (exact) mass is 465 g/mol. The van der Waals surface area contributed by atoms with E-state index in [4.69, 9.17) is 0 Å². The van der Waals surface area contributed by atoms with E-state index in [0.29, 0.717) is 6.42 Å². The van der Waals surface area contributed by atoms with Crippen LogP contribution in [-0.4, -0.2) is 42.0 Å². The van der Waals surface area contributed by atoms with Crippen LogP contribution in [0.3, 0.4) is 0 Å². The van der Waals surface area contributed by atoms with Crippen molar-refractivity contribution in [1.29, 1.82) is 0 Å². The first-order valence-corrected chi connectivity index (χ1v) is 12.8. The number of benzene rings is 3. The van der Waals surface area contributed by atoms with Crippen molar-refractivity contribution >= 4 is 22.5 Å². The minimum absolute atomic E-state index is 0.139. The van der Waals surface area contributed by atoms with E-state index in [1.54, 1.807) is 0 Å². The van der Waals surface area contributed by atoms with Crippen LogP contribution in [-0.2, 0) is 17.6 Å². The van der Waals surface area contributed by atoms with Crippen LogP contribution in [0, 0.1) is 6.92 Å². The Bertz CT molecular complexity index is 1290. The second kappa shape index (κ2) is 10.4. The summed E-state index contributed by atoms with van der Waals surface area (Å²) in [5.74, 6) is 0.400. The highest BCUT2D eigenvalue weighted by Gasteiger charge is 2.26. The summed E-state index contributed by atoms with van der Waals surface area (Å²) in [4.78, 5) is 21.6. The van der Waals surface area contributed by atoms with E-state index in [0.717, 1.165) is 39.0 Å². The normalized spacial score (nSPS) is 14.9. The first-order valence-electron chi connectivity index (χ1n) is 12.8. The van der Waals surface area contributed by atoms with Gasteiger partial charge in [0.1, 0.15) is 0 Å². The van der Waals surface area contributed by atoms with Gasteiger partial charge in [0, 0.05) is 55.4 Å². The van der Waals surface area contributed by atoms with Crippen LogP contribution in [0.4, 0.5) is 5.69 Å². The van der Waals surface area contributed by atoms with Gasteiger partial charge in [0.25, 0.3) is 0 Å². The molecule has 2 heterocycles. The zero-order valence-corrected chi connectivity index (χ0v) is 20.8. The molecule has 4 aromatic rings. The van der Waals surface area contributed by atoms with Crippen molar-refractivity contribution < 1.29 is 4.79 Å². The van der Waals surface area contributed by atoms with Crippen molar-refractivity contribution in [3.8, 4) is 0 Å².